The van der Waals surface area contributed by atoms with Crippen LogP contribution >= 0.6 is 11.8 Å². The molecule has 3 N–H and O–H groups in total. The highest BCUT2D eigenvalue weighted by Gasteiger charge is 2.66. The van der Waals surface area contributed by atoms with E-state index in [1.165, 1.54) is 24.9 Å². The molecular weight excluding hydrogens is 497 g/mol. The van der Waals surface area contributed by atoms with Crippen LogP contribution in [0.3, 0.4) is 0 Å². The first-order valence-corrected chi connectivity index (χ1v) is 11.0. The van der Waals surface area contributed by atoms with Crippen LogP contribution in [0.4, 0.5) is 27.6 Å². The van der Waals surface area contributed by atoms with Gasteiger partial charge in [-0.25, -0.2) is 18.7 Å². The maximum absolute atomic E-state index is 15.0. The summed E-state index contributed by atoms with van der Waals surface area (Å²) in [6.07, 6.45) is -2.19. The molecule has 2 aliphatic rings. The lowest BCUT2D eigenvalue weighted by Gasteiger charge is -2.34. The SMILES string of the molecule is COC[C@]12C[C@H]1[C@@](C)(c1cc(NC(=O)c3cnc(OCC(F)(F)F)cn3)cc(F)c1F)N=C(N)S2. The Morgan fingerprint density at radius 1 is 1.29 bits per heavy atom. The number of fused-ring (bicyclic) bond motifs is 1. The molecule has 14 heteroatoms. The van der Waals surface area contributed by atoms with Gasteiger partial charge in [-0.1, -0.05) is 11.8 Å². The number of nitrogens with two attached hydrogens (primary N) is 1. The third-order valence-corrected chi connectivity index (χ3v) is 7.09. The van der Waals surface area contributed by atoms with Crippen molar-refractivity contribution in [1.29, 1.82) is 0 Å². The number of carbonyl (C=O) groups excluding carboxylic acids is 1. The third kappa shape index (κ3) is 5.03. The van der Waals surface area contributed by atoms with Crippen molar-refractivity contribution in [3.05, 3.63) is 47.4 Å². The van der Waals surface area contributed by atoms with Gasteiger partial charge in [-0.2, -0.15) is 13.2 Å². The van der Waals surface area contributed by atoms with E-state index in [1.54, 1.807) is 6.92 Å². The van der Waals surface area contributed by atoms with Gasteiger partial charge in [0.2, 0.25) is 5.88 Å². The van der Waals surface area contributed by atoms with Crippen LogP contribution in [0.2, 0.25) is 0 Å². The van der Waals surface area contributed by atoms with Gasteiger partial charge in [0.1, 0.15) is 5.69 Å². The molecule has 0 unspecified atom stereocenters. The van der Waals surface area contributed by atoms with Crippen molar-refractivity contribution in [1.82, 2.24) is 9.97 Å². The third-order valence-electron chi connectivity index (χ3n) is 5.82. The van der Waals surface area contributed by atoms with Crippen LogP contribution in [-0.4, -0.2) is 52.3 Å². The highest BCUT2D eigenvalue weighted by molar-refractivity contribution is 8.15. The Labute approximate surface area is 200 Å². The summed E-state index contributed by atoms with van der Waals surface area (Å²) in [6.45, 7) is 0.439. The molecule has 3 atom stereocenters. The number of halogens is 5. The summed E-state index contributed by atoms with van der Waals surface area (Å²) in [5.74, 6) is -3.77. The second-order valence-electron chi connectivity index (χ2n) is 8.37. The van der Waals surface area contributed by atoms with Crippen molar-refractivity contribution < 1.29 is 36.2 Å². The Kier molecular flexibility index (Phi) is 6.38. The number of anilines is 1. The predicted octanol–water partition coefficient (Wildman–Crippen LogP) is 3.63. The van der Waals surface area contributed by atoms with Crippen LogP contribution < -0.4 is 15.8 Å². The number of methoxy groups -OCH3 is 1. The maximum atomic E-state index is 15.0. The molecule has 1 aliphatic heterocycles. The summed E-state index contributed by atoms with van der Waals surface area (Å²) in [5.41, 5.74) is 4.37. The highest BCUT2D eigenvalue weighted by Crippen LogP contribution is 2.66. The van der Waals surface area contributed by atoms with Crippen molar-refractivity contribution in [2.45, 2.75) is 29.8 Å². The number of aliphatic imine (C=N–C) groups is 1. The van der Waals surface area contributed by atoms with Gasteiger partial charge in [-0.3, -0.25) is 9.79 Å². The molecule has 2 aromatic rings. The summed E-state index contributed by atoms with van der Waals surface area (Å²) >= 11 is 1.34. The summed E-state index contributed by atoms with van der Waals surface area (Å²) in [5, 5.41) is 2.61. The number of benzene rings is 1. The number of hydrogen-bond donors (Lipinski definition) is 2. The number of nitrogens with one attached hydrogen (secondary N) is 1. The van der Waals surface area contributed by atoms with E-state index in [4.69, 9.17) is 10.5 Å². The van der Waals surface area contributed by atoms with Gasteiger partial charge in [0.25, 0.3) is 5.91 Å². The summed E-state index contributed by atoms with van der Waals surface area (Å²) in [6, 6.07) is 2.07. The van der Waals surface area contributed by atoms with Gasteiger partial charge in [0, 0.05) is 30.3 Å². The van der Waals surface area contributed by atoms with E-state index in [2.05, 4.69) is 25.0 Å². The Morgan fingerprint density at radius 2 is 2.03 bits per heavy atom. The van der Waals surface area contributed by atoms with Crippen molar-refractivity contribution in [2.75, 3.05) is 25.6 Å². The van der Waals surface area contributed by atoms with Crippen LogP contribution in [0.15, 0.2) is 29.5 Å². The van der Waals surface area contributed by atoms with E-state index in [9.17, 15) is 26.7 Å². The summed E-state index contributed by atoms with van der Waals surface area (Å²) in [7, 11) is 1.54. The van der Waals surface area contributed by atoms with Crippen LogP contribution in [-0.2, 0) is 10.3 Å². The number of hydrogen-bond acceptors (Lipinski definition) is 8. The molecule has 1 saturated carbocycles. The van der Waals surface area contributed by atoms with E-state index in [1.807, 2.05) is 0 Å². The van der Waals surface area contributed by atoms with Gasteiger partial charge < -0.3 is 20.5 Å². The number of nitrogens with zero attached hydrogens (tertiary/aromatic N) is 3. The van der Waals surface area contributed by atoms with Crippen LogP contribution in [0.5, 0.6) is 5.88 Å². The average Bonchev–Trinajstić information content (AvgIpc) is 3.49. The minimum Gasteiger partial charge on any atom is -0.467 e. The number of rotatable bonds is 7. The van der Waals surface area contributed by atoms with Gasteiger partial charge >= 0.3 is 6.18 Å². The molecule has 188 valence electrons. The van der Waals surface area contributed by atoms with Gasteiger partial charge in [-0.05, 0) is 19.4 Å². The van der Waals surface area contributed by atoms with Crippen molar-refractivity contribution in [3.8, 4) is 5.88 Å². The van der Waals surface area contributed by atoms with Crippen molar-refractivity contribution in [3.63, 3.8) is 0 Å². The molecule has 2 heterocycles. The van der Waals surface area contributed by atoms with Gasteiger partial charge in [-0.15, -0.1) is 0 Å². The first kappa shape index (κ1) is 25.1. The van der Waals surface area contributed by atoms with Crippen molar-refractivity contribution in [2.24, 2.45) is 16.6 Å². The van der Waals surface area contributed by atoms with E-state index in [0.717, 1.165) is 18.5 Å². The fraction of sp³-hybridized carbons (Fsp3) is 0.429. The Hall–Kier alpha value is -3.00. The van der Waals surface area contributed by atoms with E-state index in [0.29, 0.717) is 13.0 Å². The average molecular weight is 517 g/mol. The van der Waals surface area contributed by atoms with E-state index < -0.39 is 46.5 Å². The zero-order valence-electron chi connectivity index (χ0n) is 18.4. The zero-order chi connectivity index (χ0) is 25.6. The smallest absolute Gasteiger partial charge is 0.422 e. The van der Waals surface area contributed by atoms with Crippen molar-refractivity contribution >= 4 is 28.5 Å². The molecule has 0 radical (unpaired) electrons. The Balaban J connectivity index is 1.56. The molecule has 1 amide bonds. The minimum absolute atomic E-state index is 0.0747. The fourth-order valence-corrected chi connectivity index (χ4v) is 5.67. The second kappa shape index (κ2) is 8.90. The number of ether oxygens (including phenoxy) is 2. The number of aromatic nitrogens is 2. The number of carbonyl (C=O) groups is 1. The highest BCUT2D eigenvalue weighted by atomic mass is 32.2. The molecule has 1 aliphatic carbocycles. The van der Waals surface area contributed by atoms with Crippen LogP contribution in [0.1, 0.15) is 29.4 Å². The predicted molar refractivity (Wildman–Crippen MR) is 117 cm³/mol. The van der Waals surface area contributed by atoms with Gasteiger partial charge in [0.15, 0.2) is 23.4 Å². The molecule has 8 nitrogen and oxygen atoms in total. The molecule has 0 bridgehead atoms. The number of amides is 1. The lowest BCUT2D eigenvalue weighted by molar-refractivity contribution is -0.154. The molecule has 4 rings (SSSR count). The molecule has 1 aromatic heterocycles. The largest absolute Gasteiger partial charge is 0.467 e. The summed E-state index contributed by atoms with van der Waals surface area (Å²) in [4.78, 5) is 24.3. The first-order chi connectivity index (χ1) is 16.4. The monoisotopic (exact) mass is 517 g/mol. The number of amidine groups is 1. The normalized spacial score (nSPS) is 25.5. The second-order valence-corrected chi connectivity index (χ2v) is 9.81. The fourth-order valence-electron chi connectivity index (χ4n) is 4.22. The molecule has 0 saturated heterocycles. The molecule has 35 heavy (non-hydrogen) atoms. The molecule has 1 fully saturated rings. The van der Waals surface area contributed by atoms with Crippen LogP contribution in [0, 0.1) is 17.6 Å². The molecule has 1 aromatic carbocycles. The topological polar surface area (TPSA) is 112 Å². The van der Waals surface area contributed by atoms with Crippen LogP contribution in [0.25, 0.3) is 0 Å². The standard InChI is InChI=1S/C21H20F5N5O3S/c1-19(14-5-20(14,8-33-2)35-18(27)31-19)11-3-10(4-12(22)16(11)23)30-17(32)13-6-29-15(7-28-13)34-9-21(24,25)26/h3-4,6-7,14H,5,8-9H2,1-2H3,(H2,27,31)(H,30,32)/t14-,19+,20+/m0/s1. The first-order valence-electron chi connectivity index (χ1n) is 10.2. The Morgan fingerprint density at radius 3 is 2.66 bits per heavy atom. The Bertz CT molecular complexity index is 1180. The quantitative estimate of drug-likeness (QED) is 0.540. The number of thioether (sulfide) groups is 1. The minimum atomic E-state index is -4.56. The van der Waals surface area contributed by atoms with E-state index in [-0.39, 0.29) is 28.0 Å². The molecule has 0 spiro atoms. The lowest BCUT2D eigenvalue weighted by atomic mass is 9.85. The van der Waals surface area contributed by atoms with Gasteiger partial charge in [0.05, 0.1) is 29.3 Å². The van der Waals surface area contributed by atoms with E-state index >= 15 is 0 Å². The number of alkyl halides is 3. The lowest BCUT2D eigenvalue weighted by Crippen LogP contribution is -2.38. The molecular formula is C21H20F5N5O3S. The zero-order valence-corrected chi connectivity index (χ0v) is 19.3. The maximum Gasteiger partial charge on any atom is 0.422 e. The summed E-state index contributed by atoms with van der Waals surface area (Å²) < 4.78 is 75.6.